The Morgan fingerprint density at radius 1 is 1.15 bits per heavy atom. The number of rotatable bonds is 3. The van der Waals surface area contributed by atoms with Gasteiger partial charge >= 0.3 is 5.97 Å². The first kappa shape index (κ1) is 21.8. The average Bonchev–Trinajstić information content (AvgIpc) is 3.40. The number of benzene rings is 1. The van der Waals surface area contributed by atoms with Crippen molar-refractivity contribution in [3.05, 3.63) is 46.3 Å². The summed E-state index contributed by atoms with van der Waals surface area (Å²) in [6.45, 7) is 9.01. The van der Waals surface area contributed by atoms with Crippen molar-refractivity contribution in [1.29, 1.82) is 0 Å². The summed E-state index contributed by atoms with van der Waals surface area (Å²) in [7, 11) is 0. The number of hydrogen-bond donors (Lipinski definition) is 1. The predicted molar refractivity (Wildman–Crippen MR) is 126 cm³/mol. The monoisotopic (exact) mass is 463 g/mol. The van der Waals surface area contributed by atoms with Crippen LogP contribution in [0.15, 0.2) is 40.7 Å². The van der Waals surface area contributed by atoms with Crippen LogP contribution in [0, 0.1) is 16.7 Å². The van der Waals surface area contributed by atoms with Crippen molar-refractivity contribution in [2.24, 2.45) is 16.7 Å². The van der Waals surface area contributed by atoms with E-state index in [2.05, 4.69) is 26.1 Å². The fourth-order valence-electron chi connectivity index (χ4n) is 7.18. The summed E-state index contributed by atoms with van der Waals surface area (Å²) < 4.78 is 17.4. The first-order chi connectivity index (χ1) is 16.2. The normalized spacial score (nSPS) is 33.2. The summed E-state index contributed by atoms with van der Waals surface area (Å²) in [5.74, 6) is 1.23. The van der Waals surface area contributed by atoms with Gasteiger partial charge in [0.15, 0.2) is 17.3 Å². The van der Waals surface area contributed by atoms with E-state index in [0.717, 1.165) is 42.6 Å². The van der Waals surface area contributed by atoms with Gasteiger partial charge in [-0.15, -0.1) is 0 Å². The van der Waals surface area contributed by atoms with Gasteiger partial charge in [-0.1, -0.05) is 26.8 Å². The highest BCUT2D eigenvalue weighted by atomic mass is 16.7. The van der Waals surface area contributed by atoms with Crippen molar-refractivity contribution < 1.29 is 23.8 Å². The summed E-state index contributed by atoms with van der Waals surface area (Å²) in [6.07, 6.45) is 5.21. The summed E-state index contributed by atoms with van der Waals surface area (Å²) >= 11 is 0. The molecule has 180 valence electrons. The molecule has 6 rings (SSSR count). The molecule has 2 saturated carbocycles. The van der Waals surface area contributed by atoms with E-state index in [0.29, 0.717) is 35.0 Å². The van der Waals surface area contributed by atoms with E-state index in [1.165, 1.54) is 6.42 Å². The third-order valence-corrected chi connectivity index (χ3v) is 9.69. The van der Waals surface area contributed by atoms with Gasteiger partial charge in [-0.3, -0.25) is 4.79 Å². The van der Waals surface area contributed by atoms with E-state index in [1.54, 1.807) is 0 Å². The molecule has 5 aliphatic rings. The molecule has 6 heteroatoms. The Morgan fingerprint density at radius 3 is 2.68 bits per heavy atom. The number of carbonyl (C=O) groups excluding carboxylic acids is 2. The molecular weight excluding hydrogens is 430 g/mol. The Morgan fingerprint density at radius 2 is 1.94 bits per heavy atom. The molecule has 1 aromatic carbocycles. The number of hydrogen-bond acceptors (Lipinski definition) is 6. The molecule has 6 nitrogen and oxygen atoms in total. The first-order valence-corrected chi connectivity index (χ1v) is 12.6. The summed E-state index contributed by atoms with van der Waals surface area (Å²) in [6, 6.07) is 5.72. The van der Waals surface area contributed by atoms with E-state index in [-0.39, 0.29) is 35.5 Å². The topological polar surface area (TPSA) is 73.9 Å². The highest BCUT2D eigenvalue weighted by molar-refractivity contribution is 6.03. The zero-order chi connectivity index (χ0) is 23.8. The molecule has 3 aliphatic carbocycles. The average molecular weight is 464 g/mol. The number of Topliss-reactive ketones (excluding diaryl/α,β-unsaturated/α-hetero) is 1. The minimum absolute atomic E-state index is 0.0246. The van der Waals surface area contributed by atoms with Crippen molar-refractivity contribution in [3.8, 4) is 11.5 Å². The van der Waals surface area contributed by atoms with Crippen molar-refractivity contribution in [3.63, 3.8) is 0 Å². The standard InChI is InChI=1S/C28H33NO5/c1-15-23(26(31)34-22-13-17-10-11-28(22,4)27(17,2)3)24(25-18(29-15)6-5-7-19(25)30)16-8-9-20-21(12-16)33-14-32-20/h8-9,12,17,22,24,29H,5-7,10-11,13-14H2,1-4H3. The molecule has 1 N–H and O–H groups in total. The largest absolute Gasteiger partial charge is 0.458 e. The number of nitrogens with one attached hydrogen (secondary N) is 1. The van der Waals surface area contributed by atoms with Crippen molar-refractivity contribution >= 4 is 11.8 Å². The van der Waals surface area contributed by atoms with Crippen LogP contribution >= 0.6 is 0 Å². The zero-order valence-corrected chi connectivity index (χ0v) is 20.5. The number of allylic oxidation sites excluding steroid dienone is 3. The lowest BCUT2D eigenvalue weighted by Gasteiger charge is -2.39. The van der Waals surface area contributed by atoms with Gasteiger partial charge in [0, 0.05) is 34.7 Å². The molecule has 0 amide bonds. The van der Waals surface area contributed by atoms with E-state index < -0.39 is 5.92 Å². The Hall–Kier alpha value is -2.76. The van der Waals surface area contributed by atoms with Gasteiger partial charge in [0.25, 0.3) is 0 Å². The Bertz CT molecular complexity index is 1160. The Labute approximate surface area is 200 Å². The van der Waals surface area contributed by atoms with Gasteiger partial charge in [0.1, 0.15) is 6.10 Å². The van der Waals surface area contributed by atoms with Crippen LogP contribution < -0.4 is 14.8 Å². The quantitative estimate of drug-likeness (QED) is 0.626. The van der Waals surface area contributed by atoms with Gasteiger partial charge in [0.2, 0.25) is 6.79 Å². The van der Waals surface area contributed by atoms with Gasteiger partial charge in [0.05, 0.1) is 5.57 Å². The molecule has 0 spiro atoms. The van der Waals surface area contributed by atoms with Crippen LogP contribution in [-0.4, -0.2) is 24.6 Å². The third kappa shape index (κ3) is 2.93. The SMILES string of the molecule is CC1=C(C(=O)OC2CC3CCC2(C)C3(C)C)C(c2ccc3c(c2)OCO3)C2=C(CCCC2=O)N1. The third-order valence-electron chi connectivity index (χ3n) is 9.69. The molecule has 2 fully saturated rings. The molecule has 4 unspecified atom stereocenters. The molecule has 0 radical (unpaired) electrons. The number of fused-ring (bicyclic) bond motifs is 3. The van der Waals surface area contributed by atoms with E-state index in [9.17, 15) is 9.59 Å². The second-order valence-electron chi connectivity index (χ2n) is 11.4. The maximum absolute atomic E-state index is 13.9. The lowest BCUT2D eigenvalue weighted by Crippen LogP contribution is -2.40. The Kier molecular flexibility index (Phi) is 4.71. The summed E-state index contributed by atoms with van der Waals surface area (Å²) in [5, 5.41) is 3.40. The minimum Gasteiger partial charge on any atom is -0.458 e. The zero-order valence-electron chi connectivity index (χ0n) is 20.5. The van der Waals surface area contributed by atoms with Gasteiger partial charge < -0.3 is 19.5 Å². The summed E-state index contributed by atoms with van der Waals surface area (Å²) in [4.78, 5) is 27.1. The fraction of sp³-hybridized carbons (Fsp3) is 0.571. The number of carbonyl (C=O) groups is 2. The Balaban J connectivity index is 1.39. The number of ether oxygens (including phenoxy) is 3. The van der Waals surface area contributed by atoms with E-state index >= 15 is 0 Å². The predicted octanol–water partition coefficient (Wildman–Crippen LogP) is 5.14. The number of dihydropyridines is 1. The number of ketones is 1. The minimum atomic E-state index is -0.467. The lowest BCUT2D eigenvalue weighted by molar-refractivity contribution is -0.152. The van der Waals surface area contributed by atoms with Gasteiger partial charge in [-0.2, -0.15) is 0 Å². The van der Waals surface area contributed by atoms with Crippen molar-refractivity contribution in [2.75, 3.05) is 6.79 Å². The van der Waals surface area contributed by atoms with Crippen molar-refractivity contribution in [2.45, 2.75) is 78.2 Å². The molecule has 0 aromatic heterocycles. The first-order valence-electron chi connectivity index (χ1n) is 12.6. The molecule has 1 aromatic rings. The van der Waals surface area contributed by atoms with E-state index in [1.807, 2.05) is 25.1 Å². The van der Waals surface area contributed by atoms with Crippen molar-refractivity contribution in [1.82, 2.24) is 5.32 Å². The molecule has 0 saturated heterocycles. The second-order valence-corrected chi connectivity index (χ2v) is 11.4. The molecular formula is C28H33NO5. The number of esters is 1. The van der Waals surface area contributed by atoms with Gasteiger partial charge in [-0.05, 0) is 68.1 Å². The molecule has 2 heterocycles. The van der Waals surface area contributed by atoms with E-state index in [4.69, 9.17) is 14.2 Å². The smallest absolute Gasteiger partial charge is 0.337 e. The van der Waals surface area contributed by atoms with Crippen LogP contribution in [0.4, 0.5) is 0 Å². The molecule has 34 heavy (non-hydrogen) atoms. The maximum atomic E-state index is 13.9. The molecule has 2 bridgehead atoms. The second kappa shape index (κ2) is 7.37. The highest BCUT2D eigenvalue weighted by Gasteiger charge is 2.63. The molecule has 2 aliphatic heterocycles. The van der Waals surface area contributed by atoms with Gasteiger partial charge in [-0.25, -0.2) is 4.79 Å². The summed E-state index contributed by atoms with van der Waals surface area (Å²) in [5.41, 5.74) is 3.93. The van der Waals surface area contributed by atoms with Crippen LogP contribution in [0.2, 0.25) is 0 Å². The highest BCUT2D eigenvalue weighted by Crippen LogP contribution is 2.66. The van der Waals surface area contributed by atoms with Crippen LogP contribution in [0.3, 0.4) is 0 Å². The fourth-order valence-corrected chi connectivity index (χ4v) is 7.18. The van der Waals surface area contributed by atoms with Crippen LogP contribution in [0.5, 0.6) is 11.5 Å². The maximum Gasteiger partial charge on any atom is 0.337 e. The lowest BCUT2D eigenvalue weighted by atomic mass is 9.70. The molecule has 4 atom stereocenters. The van der Waals surface area contributed by atoms with Crippen LogP contribution in [0.25, 0.3) is 0 Å². The van der Waals surface area contributed by atoms with Crippen LogP contribution in [0.1, 0.15) is 77.7 Å². The van der Waals surface area contributed by atoms with Crippen LogP contribution in [-0.2, 0) is 14.3 Å².